The number of piperazine rings is 1. The third-order valence-electron chi connectivity index (χ3n) is 3.80. The lowest BCUT2D eigenvalue weighted by atomic mass is 10.2. The first-order chi connectivity index (χ1) is 10.4. The van der Waals surface area contributed by atoms with Crippen LogP contribution in [0.3, 0.4) is 0 Å². The number of aryl methyl sites for hydroxylation is 2. The Balaban J connectivity index is 2.05. The van der Waals surface area contributed by atoms with Crippen LogP contribution < -0.4 is 5.69 Å². The minimum Gasteiger partial charge on any atom is -0.339 e. The zero-order valence-corrected chi connectivity index (χ0v) is 13.3. The van der Waals surface area contributed by atoms with Gasteiger partial charge in [0, 0.05) is 31.0 Å². The highest BCUT2D eigenvalue weighted by atomic mass is 16.2. The van der Waals surface area contributed by atoms with Crippen LogP contribution in [-0.2, 0) is 16.1 Å². The smallest absolute Gasteiger partial charge is 0.339 e. The van der Waals surface area contributed by atoms with E-state index in [-0.39, 0.29) is 24.9 Å². The van der Waals surface area contributed by atoms with E-state index in [1.54, 1.807) is 24.8 Å². The fourth-order valence-corrected chi connectivity index (χ4v) is 2.63. The molecule has 2 amide bonds. The molecule has 0 saturated carbocycles. The predicted octanol–water partition coefficient (Wildman–Crippen LogP) is -0.0591. The van der Waals surface area contributed by atoms with Crippen molar-refractivity contribution in [3.63, 3.8) is 0 Å². The van der Waals surface area contributed by atoms with E-state index in [0.29, 0.717) is 24.5 Å². The summed E-state index contributed by atoms with van der Waals surface area (Å²) in [4.78, 5) is 43.3. The van der Waals surface area contributed by atoms with Gasteiger partial charge in [0.25, 0.3) is 0 Å². The van der Waals surface area contributed by atoms with Gasteiger partial charge in [-0.2, -0.15) is 4.98 Å². The second-order valence-electron chi connectivity index (χ2n) is 5.60. The average Bonchev–Trinajstić information content (AvgIpc) is 2.45. The molecule has 2 heterocycles. The van der Waals surface area contributed by atoms with Gasteiger partial charge in [0.15, 0.2) is 0 Å². The Morgan fingerprint density at radius 3 is 2.59 bits per heavy atom. The van der Waals surface area contributed by atoms with Crippen molar-refractivity contribution in [2.45, 2.75) is 33.7 Å². The van der Waals surface area contributed by atoms with Crippen LogP contribution in [0.1, 0.15) is 24.7 Å². The molecule has 1 aliphatic heterocycles. The van der Waals surface area contributed by atoms with Crippen molar-refractivity contribution in [3.05, 3.63) is 27.9 Å². The lowest BCUT2D eigenvalue weighted by molar-refractivity contribution is -0.145. The van der Waals surface area contributed by atoms with Crippen LogP contribution in [0, 0.1) is 13.8 Å². The molecule has 1 fully saturated rings. The summed E-state index contributed by atoms with van der Waals surface area (Å²) in [6, 6.07) is 1.76. The van der Waals surface area contributed by atoms with Crippen LogP contribution >= 0.6 is 0 Å². The molecule has 1 aromatic rings. The molecule has 7 heteroatoms. The first kappa shape index (κ1) is 16.2. The van der Waals surface area contributed by atoms with Crippen molar-refractivity contribution in [3.8, 4) is 0 Å². The Kier molecular flexibility index (Phi) is 4.95. The van der Waals surface area contributed by atoms with Crippen molar-refractivity contribution in [1.82, 2.24) is 19.4 Å². The van der Waals surface area contributed by atoms with Crippen LogP contribution in [0.5, 0.6) is 0 Å². The van der Waals surface area contributed by atoms with Gasteiger partial charge in [-0.05, 0) is 26.3 Å². The number of carbonyl (C=O) groups excluding carboxylic acids is 2. The van der Waals surface area contributed by atoms with Crippen molar-refractivity contribution >= 4 is 11.8 Å². The normalized spacial score (nSPS) is 15.3. The molecule has 7 nitrogen and oxygen atoms in total. The number of carbonyl (C=O) groups is 2. The molecule has 0 aliphatic carbocycles. The molecular weight excluding hydrogens is 284 g/mol. The number of hydrogen-bond donors (Lipinski definition) is 0. The summed E-state index contributed by atoms with van der Waals surface area (Å²) in [7, 11) is 0. The number of nitrogens with zero attached hydrogens (tertiary/aromatic N) is 4. The Morgan fingerprint density at radius 1 is 1.27 bits per heavy atom. The van der Waals surface area contributed by atoms with E-state index in [1.807, 2.05) is 6.92 Å². The number of aromatic nitrogens is 2. The van der Waals surface area contributed by atoms with Gasteiger partial charge >= 0.3 is 5.69 Å². The Bertz CT molecular complexity index is 638. The summed E-state index contributed by atoms with van der Waals surface area (Å²) < 4.78 is 1.35. The molecule has 1 saturated heterocycles. The molecule has 1 aliphatic rings. The van der Waals surface area contributed by atoms with Gasteiger partial charge in [-0.1, -0.05) is 6.92 Å². The summed E-state index contributed by atoms with van der Waals surface area (Å²) in [6.07, 6.45) is 0.906. The molecule has 0 N–H and O–H groups in total. The van der Waals surface area contributed by atoms with Gasteiger partial charge in [0.2, 0.25) is 11.8 Å². The molecule has 0 radical (unpaired) electrons. The Hall–Kier alpha value is -2.18. The minimum atomic E-state index is -0.429. The van der Waals surface area contributed by atoms with E-state index >= 15 is 0 Å². The van der Waals surface area contributed by atoms with Crippen LogP contribution in [0.15, 0.2) is 10.9 Å². The second kappa shape index (κ2) is 6.72. The molecule has 0 bridgehead atoms. The molecule has 0 spiro atoms. The van der Waals surface area contributed by atoms with Gasteiger partial charge in [-0.3, -0.25) is 14.2 Å². The van der Waals surface area contributed by atoms with E-state index in [9.17, 15) is 14.4 Å². The standard InChI is InChI=1S/C15H22N4O3/c1-4-5-17-6-7-18(9-13(17)20)14(21)10-19-12(3)8-11(2)16-15(19)22/h8H,4-7,9-10H2,1-3H3. The lowest BCUT2D eigenvalue weighted by Gasteiger charge is -2.34. The van der Waals surface area contributed by atoms with Crippen molar-refractivity contribution in [2.24, 2.45) is 0 Å². The molecule has 1 aromatic heterocycles. The van der Waals surface area contributed by atoms with Crippen LogP contribution in [-0.4, -0.2) is 57.3 Å². The van der Waals surface area contributed by atoms with Gasteiger partial charge in [0.05, 0.1) is 6.54 Å². The van der Waals surface area contributed by atoms with Crippen LogP contribution in [0.25, 0.3) is 0 Å². The first-order valence-corrected chi connectivity index (χ1v) is 7.53. The third kappa shape index (κ3) is 3.52. The van der Waals surface area contributed by atoms with E-state index < -0.39 is 5.69 Å². The van der Waals surface area contributed by atoms with Gasteiger partial charge < -0.3 is 9.80 Å². The molecule has 0 aromatic carbocycles. The van der Waals surface area contributed by atoms with Crippen LogP contribution in [0.4, 0.5) is 0 Å². The molecule has 22 heavy (non-hydrogen) atoms. The highest BCUT2D eigenvalue weighted by Gasteiger charge is 2.26. The van der Waals surface area contributed by atoms with Crippen molar-refractivity contribution < 1.29 is 9.59 Å². The third-order valence-corrected chi connectivity index (χ3v) is 3.80. The van der Waals surface area contributed by atoms with E-state index in [2.05, 4.69) is 4.98 Å². The predicted molar refractivity (Wildman–Crippen MR) is 81.4 cm³/mol. The van der Waals surface area contributed by atoms with Gasteiger partial charge in [-0.15, -0.1) is 0 Å². The molecule has 120 valence electrons. The van der Waals surface area contributed by atoms with E-state index in [4.69, 9.17) is 0 Å². The summed E-state index contributed by atoms with van der Waals surface area (Å²) in [6.45, 7) is 7.34. The van der Waals surface area contributed by atoms with Gasteiger partial charge in [-0.25, -0.2) is 4.79 Å². The molecular formula is C15H22N4O3. The molecule has 2 rings (SSSR count). The lowest BCUT2D eigenvalue weighted by Crippen LogP contribution is -2.53. The number of amides is 2. The zero-order valence-electron chi connectivity index (χ0n) is 13.3. The average molecular weight is 306 g/mol. The quantitative estimate of drug-likeness (QED) is 0.781. The molecule has 0 atom stereocenters. The van der Waals surface area contributed by atoms with Crippen LogP contribution in [0.2, 0.25) is 0 Å². The first-order valence-electron chi connectivity index (χ1n) is 7.53. The van der Waals surface area contributed by atoms with Crippen molar-refractivity contribution in [2.75, 3.05) is 26.2 Å². The maximum atomic E-state index is 12.3. The fraction of sp³-hybridized carbons (Fsp3) is 0.600. The topological polar surface area (TPSA) is 75.5 Å². The maximum absolute atomic E-state index is 12.3. The number of rotatable bonds is 4. The monoisotopic (exact) mass is 306 g/mol. The minimum absolute atomic E-state index is 0.0347. The van der Waals surface area contributed by atoms with E-state index in [0.717, 1.165) is 13.0 Å². The highest BCUT2D eigenvalue weighted by Crippen LogP contribution is 2.06. The largest absolute Gasteiger partial charge is 0.348 e. The zero-order chi connectivity index (χ0) is 16.3. The molecule has 0 unspecified atom stereocenters. The van der Waals surface area contributed by atoms with Crippen molar-refractivity contribution in [1.29, 1.82) is 0 Å². The summed E-state index contributed by atoms with van der Waals surface area (Å²) in [5.74, 6) is -0.257. The summed E-state index contributed by atoms with van der Waals surface area (Å²) in [5.41, 5.74) is 0.901. The summed E-state index contributed by atoms with van der Waals surface area (Å²) in [5, 5.41) is 0. The summed E-state index contributed by atoms with van der Waals surface area (Å²) >= 11 is 0. The van der Waals surface area contributed by atoms with Gasteiger partial charge in [0.1, 0.15) is 6.54 Å². The fourth-order valence-electron chi connectivity index (χ4n) is 2.63. The second-order valence-corrected chi connectivity index (χ2v) is 5.60. The Morgan fingerprint density at radius 2 is 2.00 bits per heavy atom. The Labute approximate surface area is 129 Å². The SMILES string of the molecule is CCCN1CCN(C(=O)Cn2c(C)cc(C)nc2=O)CC1=O. The highest BCUT2D eigenvalue weighted by molar-refractivity contribution is 5.86. The van der Waals surface area contributed by atoms with E-state index in [1.165, 1.54) is 9.47 Å². The number of hydrogen-bond acceptors (Lipinski definition) is 4. The maximum Gasteiger partial charge on any atom is 0.348 e.